The molecule has 0 spiro atoms. The molecule has 5 atom stereocenters. The highest BCUT2D eigenvalue weighted by molar-refractivity contribution is 5.77. The van der Waals surface area contributed by atoms with Crippen molar-refractivity contribution in [2.45, 2.75) is 37.6 Å². The third-order valence-corrected chi connectivity index (χ3v) is 2.42. The first-order valence-corrected chi connectivity index (χ1v) is 4.96. The second-order valence-corrected chi connectivity index (χ2v) is 3.73. The minimum absolute atomic E-state index is 0.104. The molecule has 1 unspecified atom stereocenters. The Morgan fingerprint density at radius 1 is 1.31 bits per heavy atom. The average Bonchev–Trinajstić information content (AvgIpc) is 2.25. The van der Waals surface area contributed by atoms with Gasteiger partial charge in [-0.3, -0.25) is 4.99 Å². The summed E-state index contributed by atoms with van der Waals surface area (Å²) >= 11 is 0. The van der Waals surface area contributed by atoms with E-state index in [1.165, 1.54) is 7.11 Å². The lowest BCUT2D eigenvalue weighted by molar-refractivity contribution is -0.287. The highest BCUT2D eigenvalue weighted by Gasteiger charge is 2.43. The fraction of sp³-hybridized carbons (Fsp3) is 0.889. The molecule has 1 aliphatic heterocycles. The zero-order chi connectivity index (χ0) is 12.3. The summed E-state index contributed by atoms with van der Waals surface area (Å²) < 4.78 is 10.1. The molecule has 0 aliphatic carbocycles. The zero-order valence-corrected chi connectivity index (χ0v) is 9.28. The van der Waals surface area contributed by atoms with Crippen LogP contribution in [0.25, 0.3) is 0 Å². The number of aliphatic imine (C=N–C) groups is 1. The molecule has 0 aromatic rings. The monoisotopic (exact) mass is 234 g/mol. The molecule has 1 rings (SSSR count). The van der Waals surface area contributed by atoms with E-state index in [0.29, 0.717) is 5.84 Å². The van der Waals surface area contributed by atoms with E-state index >= 15 is 0 Å². The van der Waals surface area contributed by atoms with Gasteiger partial charge >= 0.3 is 0 Å². The first kappa shape index (κ1) is 13.3. The number of rotatable bonds is 3. The number of amidine groups is 1. The first-order chi connectivity index (χ1) is 7.47. The highest BCUT2D eigenvalue weighted by Crippen LogP contribution is 2.21. The van der Waals surface area contributed by atoms with Gasteiger partial charge in [0.15, 0.2) is 6.29 Å². The van der Waals surface area contributed by atoms with E-state index in [0.717, 1.165) is 0 Å². The summed E-state index contributed by atoms with van der Waals surface area (Å²) in [6.45, 7) is 1.71. The van der Waals surface area contributed by atoms with Gasteiger partial charge in [-0.2, -0.15) is 0 Å². The minimum Gasteiger partial charge on any atom is -0.388 e. The third kappa shape index (κ3) is 2.89. The number of nitrogens with two attached hydrogens (primary N) is 1. The van der Waals surface area contributed by atoms with Crippen LogP contribution >= 0.6 is 0 Å². The average molecular weight is 234 g/mol. The molecule has 5 N–H and O–H groups in total. The van der Waals surface area contributed by atoms with E-state index in [9.17, 15) is 15.3 Å². The normalized spacial score (nSPS) is 41.1. The van der Waals surface area contributed by atoms with Crippen LogP contribution in [0.4, 0.5) is 0 Å². The highest BCUT2D eigenvalue weighted by atomic mass is 16.7. The SMILES string of the molecule is CO[C@@H]1O[C@H](CN=C(C)N)C(O)[C@H](O)[C@@H]1O. The van der Waals surface area contributed by atoms with Crippen LogP contribution in [0.5, 0.6) is 0 Å². The third-order valence-electron chi connectivity index (χ3n) is 2.42. The molecule has 94 valence electrons. The summed E-state index contributed by atoms with van der Waals surface area (Å²) in [6, 6.07) is 0. The molecule has 0 aromatic heterocycles. The van der Waals surface area contributed by atoms with Crippen LogP contribution in [0.2, 0.25) is 0 Å². The maximum Gasteiger partial charge on any atom is 0.186 e. The van der Waals surface area contributed by atoms with Crippen molar-refractivity contribution in [3.63, 3.8) is 0 Å². The van der Waals surface area contributed by atoms with Gasteiger partial charge in [-0.15, -0.1) is 0 Å². The van der Waals surface area contributed by atoms with Crippen LogP contribution in [-0.4, -0.2) is 65.5 Å². The van der Waals surface area contributed by atoms with Crippen LogP contribution in [0.1, 0.15) is 6.92 Å². The van der Waals surface area contributed by atoms with Crippen molar-refractivity contribution in [1.29, 1.82) is 0 Å². The van der Waals surface area contributed by atoms with Crippen molar-refractivity contribution in [2.75, 3.05) is 13.7 Å². The molecule has 1 saturated heterocycles. The lowest BCUT2D eigenvalue weighted by atomic mass is 9.99. The molecule has 1 fully saturated rings. The molecule has 0 amide bonds. The van der Waals surface area contributed by atoms with E-state index in [4.69, 9.17) is 15.2 Å². The number of aliphatic hydroxyl groups excluding tert-OH is 3. The number of aliphatic hydroxyl groups is 3. The van der Waals surface area contributed by atoms with E-state index in [1.807, 2.05) is 0 Å². The van der Waals surface area contributed by atoms with Gasteiger partial charge in [0.2, 0.25) is 0 Å². The molecule has 1 aliphatic rings. The standard InChI is InChI=1S/C9H18N2O5/c1-4(10)11-3-5-6(12)7(13)8(14)9(15-2)16-5/h5-9,12-14H,3H2,1-2H3,(H2,10,11)/t5-,6?,7+,8+,9-/m1/s1. The van der Waals surface area contributed by atoms with Crippen molar-refractivity contribution in [2.24, 2.45) is 10.7 Å². The largest absolute Gasteiger partial charge is 0.388 e. The van der Waals surface area contributed by atoms with Crippen molar-refractivity contribution in [3.8, 4) is 0 Å². The number of nitrogens with zero attached hydrogens (tertiary/aromatic N) is 1. The van der Waals surface area contributed by atoms with Crippen LogP contribution in [-0.2, 0) is 9.47 Å². The molecule has 0 aromatic carbocycles. The van der Waals surface area contributed by atoms with E-state index in [2.05, 4.69) is 4.99 Å². The minimum atomic E-state index is -1.32. The second kappa shape index (κ2) is 5.55. The van der Waals surface area contributed by atoms with Crippen LogP contribution in [0.3, 0.4) is 0 Å². The van der Waals surface area contributed by atoms with Gasteiger partial charge in [-0.1, -0.05) is 0 Å². The molecule has 0 bridgehead atoms. The molecule has 0 radical (unpaired) electrons. The quantitative estimate of drug-likeness (QED) is 0.326. The summed E-state index contributed by atoms with van der Waals surface area (Å²) in [5.74, 6) is 0.352. The molecule has 7 heteroatoms. The number of methoxy groups -OCH3 is 1. The summed E-state index contributed by atoms with van der Waals surface area (Å²) in [7, 11) is 1.34. The van der Waals surface area contributed by atoms with Crippen LogP contribution in [0, 0.1) is 0 Å². The topological polar surface area (TPSA) is 118 Å². The number of ether oxygens (including phenoxy) is 2. The van der Waals surface area contributed by atoms with Gasteiger partial charge in [-0.05, 0) is 6.92 Å². The number of hydrogen-bond donors (Lipinski definition) is 4. The van der Waals surface area contributed by atoms with Gasteiger partial charge in [0.05, 0.1) is 12.4 Å². The Bertz CT molecular complexity index is 254. The van der Waals surface area contributed by atoms with Crippen LogP contribution < -0.4 is 5.73 Å². The van der Waals surface area contributed by atoms with Gasteiger partial charge < -0.3 is 30.5 Å². The molecular weight excluding hydrogens is 216 g/mol. The molecule has 16 heavy (non-hydrogen) atoms. The maximum atomic E-state index is 9.63. The van der Waals surface area contributed by atoms with Gasteiger partial charge in [0.1, 0.15) is 24.4 Å². The fourth-order valence-corrected chi connectivity index (χ4v) is 1.50. The molecular formula is C9H18N2O5. The van der Waals surface area contributed by atoms with Crippen LogP contribution in [0.15, 0.2) is 4.99 Å². The predicted molar refractivity (Wildman–Crippen MR) is 55.9 cm³/mol. The Kier molecular flexibility index (Phi) is 4.63. The van der Waals surface area contributed by atoms with Crippen molar-refractivity contribution >= 4 is 5.84 Å². The maximum absolute atomic E-state index is 9.63. The Morgan fingerprint density at radius 2 is 1.94 bits per heavy atom. The summed E-state index contributed by atoms with van der Waals surface area (Å²) in [5.41, 5.74) is 5.35. The van der Waals surface area contributed by atoms with E-state index < -0.39 is 30.7 Å². The van der Waals surface area contributed by atoms with Gasteiger partial charge in [0, 0.05) is 7.11 Å². The van der Waals surface area contributed by atoms with Gasteiger partial charge in [0.25, 0.3) is 0 Å². The Hall–Kier alpha value is -0.730. The Balaban J connectivity index is 2.67. The van der Waals surface area contributed by atoms with Crippen molar-refractivity contribution in [3.05, 3.63) is 0 Å². The van der Waals surface area contributed by atoms with E-state index in [1.54, 1.807) is 6.92 Å². The second-order valence-electron chi connectivity index (χ2n) is 3.73. The predicted octanol–water partition coefficient (Wildman–Crippen LogP) is -2.18. The number of hydrogen-bond acceptors (Lipinski definition) is 6. The zero-order valence-electron chi connectivity index (χ0n) is 9.28. The molecule has 7 nitrogen and oxygen atoms in total. The van der Waals surface area contributed by atoms with Crippen molar-refractivity contribution in [1.82, 2.24) is 0 Å². The Morgan fingerprint density at radius 3 is 2.44 bits per heavy atom. The summed E-state index contributed by atoms with van der Waals surface area (Å²) in [4.78, 5) is 3.89. The first-order valence-electron chi connectivity index (χ1n) is 4.96. The lowest BCUT2D eigenvalue weighted by Gasteiger charge is -2.39. The fourth-order valence-electron chi connectivity index (χ4n) is 1.50. The summed E-state index contributed by atoms with van der Waals surface area (Å²) in [5, 5.41) is 28.7. The summed E-state index contributed by atoms with van der Waals surface area (Å²) in [6.07, 6.45) is -5.54. The van der Waals surface area contributed by atoms with Gasteiger partial charge in [-0.25, -0.2) is 0 Å². The lowest BCUT2D eigenvalue weighted by Crippen LogP contribution is -2.58. The Labute approximate surface area is 93.5 Å². The van der Waals surface area contributed by atoms with E-state index in [-0.39, 0.29) is 6.54 Å². The molecule has 1 heterocycles. The van der Waals surface area contributed by atoms with Crippen molar-refractivity contribution < 1.29 is 24.8 Å². The smallest absolute Gasteiger partial charge is 0.186 e. The molecule has 0 saturated carbocycles.